The maximum Gasteiger partial charge on any atom is 0.325 e. The summed E-state index contributed by atoms with van der Waals surface area (Å²) in [5, 5.41) is 9.55. The summed E-state index contributed by atoms with van der Waals surface area (Å²) in [6, 6.07) is 0. The Bertz CT molecular complexity index is 538. The molecule has 5 heteroatoms. The second kappa shape index (κ2) is 6.57. The summed E-state index contributed by atoms with van der Waals surface area (Å²) in [5.74, 6) is 1.48. The van der Waals surface area contributed by atoms with E-state index in [1.165, 1.54) is 25.7 Å². The van der Waals surface area contributed by atoms with Crippen LogP contribution in [0.2, 0.25) is 0 Å². The van der Waals surface area contributed by atoms with Crippen molar-refractivity contribution in [3.05, 3.63) is 0 Å². The SMILES string of the molecule is CCC(OC(=O)C1(C(=O)O)CCCC1)OC1CC2CC1C1CCCC21. The second-order valence-electron chi connectivity index (χ2n) is 8.67. The largest absolute Gasteiger partial charge is 0.480 e. The molecule has 25 heavy (non-hydrogen) atoms. The van der Waals surface area contributed by atoms with E-state index in [0.29, 0.717) is 25.2 Å². The first-order valence-electron chi connectivity index (χ1n) is 10.1. The summed E-state index contributed by atoms with van der Waals surface area (Å²) in [4.78, 5) is 24.3. The number of esters is 1. The first kappa shape index (κ1) is 17.3. The summed E-state index contributed by atoms with van der Waals surface area (Å²) < 4.78 is 11.8. The molecule has 0 aliphatic heterocycles. The molecule has 4 aliphatic carbocycles. The Hall–Kier alpha value is -1.10. The highest BCUT2D eigenvalue weighted by atomic mass is 16.7. The number of carboxylic acid groups (broad SMARTS) is 1. The van der Waals surface area contributed by atoms with Crippen molar-refractivity contribution in [2.45, 2.75) is 83.5 Å². The summed E-state index contributed by atoms with van der Waals surface area (Å²) in [6.45, 7) is 1.94. The number of carbonyl (C=O) groups excluding carboxylic acids is 1. The first-order chi connectivity index (χ1) is 12.0. The van der Waals surface area contributed by atoms with E-state index >= 15 is 0 Å². The van der Waals surface area contributed by atoms with Gasteiger partial charge in [0.2, 0.25) is 6.29 Å². The minimum Gasteiger partial charge on any atom is -0.480 e. The molecule has 0 spiro atoms. The third-order valence-electron chi connectivity index (χ3n) is 7.52. The predicted molar refractivity (Wildman–Crippen MR) is 90.6 cm³/mol. The zero-order valence-corrected chi connectivity index (χ0v) is 15.1. The van der Waals surface area contributed by atoms with Crippen LogP contribution in [0.5, 0.6) is 0 Å². The lowest BCUT2D eigenvalue weighted by Gasteiger charge is -2.34. The van der Waals surface area contributed by atoms with Crippen molar-refractivity contribution in [3.63, 3.8) is 0 Å². The van der Waals surface area contributed by atoms with E-state index in [4.69, 9.17) is 9.47 Å². The van der Waals surface area contributed by atoms with Crippen LogP contribution in [0.4, 0.5) is 0 Å². The van der Waals surface area contributed by atoms with Gasteiger partial charge in [0.15, 0.2) is 5.41 Å². The monoisotopic (exact) mass is 350 g/mol. The molecule has 140 valence electrons. The number of ether oxygens (including phenoxy) is 2. The zero-order chi connectivity index (χ0) is 17.6. The smallest absolute Gasteiger partial charge is 0.325 e. The average Bonchev–Trinajstić information content (AvgIpc) is 3.33. The number of fused-ring (bicyclic) bond motifs is 5. The lowest BCUT2D eigenvalue weighted by atomic mass is 9.80. The third-order valence-corrected chi connectivity index (χ3v) is 7.52. The van der Waals surface area contributed by atoms with Gasteiger partial charge < -0.3 is 14.6 Å². The van der Waals surface area contributed by atoms with E-state index in [2.05, 4.69) is 0 Å². The molecule has 4 aliphatic rings. The fourth-order valence-corrected chi connectivity index (χ4v) is 6.28. The highest BCUT2D eigenvalue weighted by molar-refractivity contribution is 5.99. The van der Waals surface area contributed by atoms with Crippen LogP contribution in [0, 0.1) is 29.1 Å². The predicted octanol–water partition coefficient (Wildman–Crippen LogP) is 3.75. The Balaban J connectivity index is 1.38. The Labute approximate surface area is 149 Å². The van der Waals surface area contributed by atoms with Gasteiger partial charge in [0.1, 0.15) is 0 Å². The number of aliphatic carboxylic acids is 1. The Morgan fingerprint density at radius 3 is 2.48 bits per heavy atom. The van der Waals surface area contributed by atoms with Crippen LogP contribution in [0.1, 0.15) is 71.1 Å². The maximum absolute atomic E-state index is 12.6. The average molecular weight is 350 g/mol. The molecule has 4 saturated carbocycles. The summed E-state index contributed by atoms with van der Waals surface area (Å²) in [5.41, 5.74) is -1.35. The van der Waals surface area contributed by atoms with Crippen molar-refractivity contribution in [3.8, 4) is 0 Å². The number of hydrogen-bond acceptors (Lipinski definition) is 4. The van der Waals surface area contributed by atoms with Crippen LogP contribution in [0.15, 0.2) is 0 Å². The van der Waals surface area contributed by atoms with E-state index in [1.54, 1.807) is 0 Å². The molecule has 6 atom stereocenters. The number of carboxylic acids is 1. The molecule has 0 saturated heterocycles. The molecule has 4 rings (SSSR count). The van der Waals surface area contributed by atoms with Crippen LogP contribution < -0.4 is 0 Å². The quantitative estimate of drug-likeness (QED) is 0.449. The number of rotatable bonds is 6. The Morgan fingerprint density at radius 2 is 1.80 bits per heavy atom. The lowest BCUT2D eigenvalue weighted by Crippen LogP contribution is -2.42. The van der Waals surface area contributed by atoms with Gasteiger partial charge in [-0.25, -0.2) is 0 Å². The van der Waals surface area contributed by atoms with Crippen LogP contribution >= 0.6 is 0 Å². The maximum atomic E-state index is 12.6. The van der Waals surface area contributed by atoms with Gasteiger partial charge in [0.05, 0.1) is 6.10 Å². The van der Waals surface area contributed by atoms with Gasteiger partial charge in [0.25, 0.3) is 0 Å². The lowest BCUT2D eigenvalue weighted by molar-refractivity contribution is -0.209. The molecule has 5 nitrogen and oxygen atoms in total. The van der Waals surface area contributed by atoms with Gasteiger partial charge in [-0.15, -0.1) is 0 Å². The zero-order valence-electron chi connectivity index (χ0n) is 15.1. The number of hydrogen-bond donors (Lipinski definition) is 1. The molecule has 0 amide bonds. The normalized spacial score (nSPS) is 39.3. The van der Waals surface area contributed by atoms with Crippen molar-refractivity contribution in [1.29, 1.82) is 0 Å². The van der Waals surface area contributed by atoms with E-state index in [-0.39, 0.29) is 6.10 Å². The summed E-state index contributed by atoms with van der Waals surface area (Å²) in [7, 11) is 0. The molecule has 0 heterocycles. The van der Waals surface area contributed by atoms with Crippen molar-refractivity contribution >= 4 is 11.9 Å². The van der Waals surface area contributed by atoms with Gasteiger partial charge in [-0.1, -0.05) is 26.2 Å². The van der Waals surface area contributed by atoms with Crippen molar-refractivity contribution in [1.82, 2.24) is 0 Å². The highest BCUT2D eigenvalue weighted by Gasteiger charge is 2.55. The standard InChI is InChI=1S/C20H30O5/c1-2-17(25-19(23)20(18(21)22)8-3-4-9-20)24-16-11-12-10-15(16)14-7-5-6-13(12)14/h12-17H,2-11H2,1H3,(H,21,22). The summed E-state index contributed by atoms with van der Waals surface area (Å²) >= 11 is 0. The molecule has 0 aromatic carbocycles. The van der Waals surface area contributed by atoms with Crippen LogP contribution in [-0.2, 0) is 19.1 Å². The minimum absolute atomic E-state index is 0.187. The highest BCUT2D eigenvalue weighted by Crippen LogP contribution is 2.59. The van der Waals surface area contributed by atoms with Gasteiger partial charge >= 0.3 is 11.9 Å². The van der Waals surface area contributed by atoms with Gasteiger partial charge in [-0.05, 0) is 62.2 Å². The van der Waals surface area contributed by atoms with E-state index in [0.717, 1.165) is 37.0 Å². The molecule has 1 N–H and O–H groups in total. The first-order valence-corrected chi connectivity index (χ1v) is 10.1. The van der Waals surface area contributed by atoms with E-state index < -0.39 is 23.6 Å². The van der Waals surface area contributed by atoms with Crippen molar-refractivity contribution < 1.29 is 24.2 Å². The van der Waals surface area contributed by atoms with Gasteiger partial charge in [0, 0.05) is 6.42 Å². The Kier molecular flexibility index (Phi) is 4.55. The van der Waals surface area contributed by atoms with E-state index in [9.17, 15) is 14.7 Å². The van der Waals surface area contributed by atoms with Crippen LogP contribution in [0.25, 0.3) is 0 Å². The van der Waals surface area contributed by atoms with Crippen LogP contribution in [-0.4, -0.2) is 29.4 Å². The topological polar surface area (TPSA) is 72.8 Å². The molecule has 0 radical (unpaired) electrons. The molecule has 4 fully saturated rings. The fraction of sp³-hybridized carbons (Fsp3) is 0.900. The minimum atomic E-state index is -1.35. The van der Waals surface area contributed by atoms with Gasteiger partial charge in [-0.2, -0.15) is 0 Å². The molecular weight excluding hydrogens is 320 g/mol. The molecule has 0 aromatic heterocycles. The second-order valence-corrected chi connectivity index (χ2v) is 8.67. The fourth-order valence-electron chi connectivity index (χ4n) is 6.28. The molecule has 2 bridgehead atoms. The Morgan fingerprint density at radius 1 is 1.08 bits per heavy atom. The van der Waals surface area contributed by atoms with Gasteiger partial charge in [-0.3, -0.25) is 9.59 Å². The van der Waals surface area contributed by atoms with E-state index in [1.807, 2.05) is 6.92 Å². The third kappa shape index (κ3) is 2.79. The molecular formula is C20H30O5. The summed E-state index contributed by atoms with van der Waals surface area (Å²) in [6.07, 6.45) is 8.88. The molecule has 0 aromatic rings. The van der Waals surface area contributed by atoms with Crippen LogP contribution in [0.3, 0.4) is 0 Å². The van der Waals surface area contributed by atoms with Crippen molar-refractivity contribution in [2.24, 2.45) is 29.1 Å². The van der Waals surface area contributed by atoms with Crippen molar-refractivity contribution in [2.75, 3.05) is 0 Å². The number of carbonyl (C=O) groups is 2. The molecule has 6 unspecified atom stereocenters.